The monoisotopic (exact) mass is 323 g/mol. The zero-order valence-corrected chi connectivity index (χ0v) is 13.7. The Kier molecular flexibility index (Phi) is 5.65. The summed E-state index contributed by atoms with van der Waals surface area (Å²) < 4.78 is 5.72. The first-order chi connectivity index (χ1) is 10.1. The predicted molar refractivity (Wildman–Crippen MR) is 87.5 cm³/mol. The normalized spacial score (nSPS) is 10.4. The quantitative estimate of drug-likeness (QED) is 0.854. The van der Waals surface area contributed by atoms with Gasteiger partial charge in [0.25, 0.3) is 5.91 Å². The zero-order valence-electron chi connectivity index (χ0n) is 12.1. The molecule has 1 aromatic heterocycles. The highest BCUT2D eigenvalue weighted by Gasteiger charge is 2.09. The van der Waals surface area contributed by atoms with E-state index in [4.69, 9.17) is 16.3 Å². The Balaban J connectivity index is 1.96. The highest BCUT2D eigenvalue weighted by Crippen LogP contribution is 2.26. The molecule has 2 rings (SSSR count). The summed E-state index contributed by atoms with van der Waals surface area (Å²) in [5.74, 6) is 0.640. The number of amides is 1. The van der Waals surface area contributed by atoms with Crippen LogP contribution in [0.5, 0.6) is 5.75 Å². The molecule has 112 valence electrons. The van der Waals surface area contributed by atoms with Crippen molar-refractivity contribution < 1.29 is 9.53 Å². The second-order valence-electron chi connectivity index (χ2n) is 4.80. The first-order valence-electron chi connectivity index (χ1n) is 6.84. The number of halogens is 1. The third-order valence-corrected chi connectivity index (χ3v) is 4.18. The van der Waals surface area contributed by atoms with Crippen LogP contribution in [-0.4, -0.2) is 12.5 Å². The van der Waals surface area contributed by atoms with Crippen molar-refractivity contribution in [3.8, 4) is 5.75 Å². The molecule has 2 aromatic rings. The first kappa shape index (κ1) is 15.9. The van der Waals surface area contributed by atoms with E-state index in [1.165, 1.54) is 11.3 Å². The number of hydrogen-bond acceptors (Lipinski definition) is 3. The highest BCUT2D eigenvalue weighted by atomic mass is 35.5. The number of carbonyl (C=O) groups excluding carboxylic acids is 1. The fourth-order valence-corrected chi connectivity index (χ4v) is 2.76. The molecule has 0 fully saturated rings. The van der Waals surface area contributed by atoms with Gasteiger partial charge in [0.2, 0.25) is 0 Å². The minimum Gasteiger partial charge on any atom is -0.487 e. The van der Waals surface area contributed by atoms with E-state index in [-0.39, 0.29) is 5.91 Å². The maximum Gasteiger partial charge on any atom is 0.261 e. The largest absolute Gasteiger partial charge is 0.487 e. The van der Waals surface area contributed by atoms with Gasteiger partial charge in [-0.15, -0.1) is 11.3 Å². The molecule has 0 aliphatic rings. The van der Waals surface area contributed by atoms with Crippen LogP contribution in [0.4, 0.5) is 0 Å². The molecule has 0 atom stereocenters. The molecule has 1 amide bonds. The molecule has 5 heteroatoms. The van der Waals surface area contributed by atoms with E-state index in [1.807, 2.05) is 43.5 Å². The van der Waals surface area contributed by atoms with Crippen molar-refractivity contribution in [1.82, 2.24) is 5.32 Å². The van der Waals surface area contributed by atoms with E-state index in [9.17, 15) is 4.79 Å². The molecule has 0 unspecified atom stereocenters. The lowest BCUT2D eigenvalue weighted by Crippen LogP contribution is -2.22. The summed E-state index contributed by atoms with van der Waals surface area (Å²) in [5.41, 5.74) is 2.07. The maximum atomic E-state index is 11.8. The average molecular weight is 324 g/mol. The van der Waals surface area contributed by atoms with Crippen molar-refractivity contribution in [2.75, 3.05) is 6.54 Å². The summed E-state index contributed by atoms with van der Waals surface area (Å²) in [7, 11) is 0. The van der Waals surface area contributed by atoms with E-state index in [0.29, 0.717) is 28.8 Å². The van der Waals surface area contributed by atoms with Crippen molar-refractivity contribution in [1.29, 1.82) is 0 Å². The lowest BCUT2D eigenvalue weighted by Gasteiger charge is -2.07. The fraction of sp³-hybridized carbons (Fsp3) is 0.312. The molecule has 3 nitrogen and oxygen atoms in total. The van der Waals surface area contributed by atoms with Crippen LogP contribution in [0.15, 0.2) is 29.6 Å². The summed E-state index contributed by atoms with van der Waals surface area (Å²) in [6.45, 7) is 5.12. The van der Waals surface area contributed by atoms with Gasteiger partial charge >= 0.3 is 0 Å². The third kappa shape index (κ3) is 4.48. The SMILES string of the molecule is CCCNC(=O)c1cc(COc2cc(C)ccc2Cl)cs1. The topological polar surface area (TPSA) is 38.3 Å². The van der Waals surface area contributed by atoms with Crippen LogP contribution in [0.3, 0.4) is 0 Å². The molecular weight excluding hydrogens is 306 g/mol. The number of aryl methyl sites for hydroxylation is 1. The molecule has 0 aliphatic carbocycles. The minimum absolute atomic E-state index is 0.0262. The Morgan fingerprint density at radius 3 is 2.95 bits per heavy atom. The van der Waals surface area contributed by atoms with Crippen LogP contribution in [0, 0.1) is 6.92 Å². The highest BCUT2D eigenvalue weighted by molar-refractivity contribution is 7.12. The van der Waals surface area contributed by atoms with Gasteiger partial charge in [-0.3, -0.25) is 4.79 Å². The second-order valence-corrected chi connectivity index (χ2v) is 6.12. The molecule has 0 aliphatic heterocycles. The van der Waals surface area contributed by atoms with Gasteiger partial charge in [-0.2, -0.15) is 0 Å². The van der Waals surface area contributed by atoms with Crippen molar-refractivity contribution in [3.05, 3.63) is 50.7 Å². The number of benzene rings is 1. The minimum atomic E-state index is -0.0262. The van der Waals surface area contributed by atoms with Gasteiger partial charge in [0, 0.05) is 12.1 Å². The molecule has 0 radical (unpaired) electrons. The molecular formula is C16H18ClNO2S. The van der Waals surface area contributed by atoms with Crippen molar-refractivity contribution in [2.24, 2.45) is 0 Å². The molecule has 21 heavy (non-hydrogen) atoms. The van der Waals surface area contributed by atoms with Crippen LogP contribution in [0.25, 0.3) is 0 Å². The molecule has 1 heterocycles. The number of nitrogens with one attached hydrogen (secondary N) is 1. The molecule has 0 saturated carbocycles. The standard InChI is InChI=1S/C16H18ClNO2S/c1-3-6-18-16(19)15-8-12(10-21-15)9-20-14-7-11(2)4-5-13(14)17/h4-5,7-8,10H,3,6,9H2,1-2H3,(H,18,19). The van der Waals surface area contributed by atoms with Gasteiger partial charge < -0.3 is 10.1 Å². The molecule has 0 spiro atoms. The Hall–Kier alpha value is -1.52. The summed E-state index contributed by atoms with van der Waals surface area (Å²) in [6, 6.07) is 7.53. The van der Waals surface area contributed by atoms with Gasteiger partial charge in [0.05, 0.1) is 9.90 Å². The number of carbonyl (C=O) groups is 1. The lowest BCUT2D eigenvalue weighted by molar-refractivity contribution is 0.0957. The maximum absolute atomic E-state index is 11.8. The first-order valence-corrected chi connectivity index (χ1v) is 8.10. The third-order valence-electron chi connectivity index (χ3n) is 2.89. The van der Waals surface area contributed by atoms with Crippen LogP contribution in [0.1, 0.15) is 34.1 Å². The van der Waals surface area contributed by atoms with Crippen molar-refractivity contribution in [3.63, 3.8) is 0 Å². The van der Waals surface area contributed by atoms with Gasteiger partial charge in [0.1, 0.15) is 12.4 Å². The van der Waals surface area contributed by atoms with Crippen LogP contribution >= 0.6 is 22.9 Å². The second kappa shape index (κ2) is 7.48. The van der Waals surface area contributed by atoms with Crippen molar-refractivity contribution >= 4 is 28.8 Å². The zero-order chi connectivity index (χ0) is 15.2. The number of ether oxygens (including phenoxy) is 1. The number of hydrogen-bond donors (Lipinski definition) is 1. The van der Waals surface area contributed by atoms with Crippen LogP contribution in [0.2, 0.25) is 5.02 Å². The van der Waals surface area contributed by atoms with Crippen LogP contribution < -0.4 is 10.1 Å². The van der Waals surface area contributed by atoms with E-state index < -0.39 is 0 Å². The van der Waals surface area contributed by atoms with Gasteiger partial charge in [-0.25, -0.2) is 0 Å². The van der Waals surface area contributed by atoms with E-state index >= 15 is 0 Å². The lowest BCUT2D eigenvalue weighted by atomic mass is 10.2. The van der Waals surface area contributed by atoms with Gasteiger partial charge in [-0.05, 0) is 42.5 Å². The summed E-state index contributed by atoms with van der Waals surface area (Å²) in [5, 5.41) is 5.39. The Labute approximate surface area is 133 Å². The fourth-order valence-electron chi connectivity index (χ4n) is 1.78. The number of thiophene rings is 1. The van der Waals surface area contributed by atoms with E-state index in [0.717, 1.165) is 17.5 Å². The summed E-state index contributed by atoms with van der Waals surface area (Å²) in [6.07, 6.45) is 0.930. The van der Waals surface area contributed by atoms with Gasteiger partial charge in [-0.1, -0.05) is 24.6 Å². The Morgan fingerprint density at radius 1 is 1.38 bits per heavy atom. The molecule has 0 bridgehead atoms. The van der Waals surface area contributed by atoms with Crippen LogP contribution in [-0.2, 0) is 6.61 Å². The number of rotatable bonds is 6. The Bertz CT molecular complexity index is 624. The smallest absolute Gasteiger partial charge is 0.261 e. The molecule has 0 saturated heterocycles. The van der Waals surface area contributed by atoms with Gasteiger partial charge in [0.15, 0.2) is 0 Å². The Morgan fingerprint density at radius 2 is 2.19 bits per heavy atom. The molecule has 1 N–H and O–H groups in total. The van der Waals surface area contributed by atoms with Crippen molar-refractivity contribution in [2.45, 2.75) is 26.9 Å². The average Bonchev–Trinajstić information content (AvgIpc) is 2.94. The summed E-state index contributed by atoms with van der Waals surface area (Å²) in [4.78, 5) is 12.5. The van der Waals surface area contributed by atoms with E-state index in [2.05, 4.69) is 5.32 Å². The van der Waals surface area contributed by atoms with E-state index in [1.54, 1.807) is 0 Å². The molecule has 1 aromatic carbocycles. The summed E-state index contributed by atoms with van der Waals surface area (Å²) >= 11 is 7.51. The predicted octanol–water partition coefficient (Wildman–Crippen LogP) is 4.43.